The summed E-state index contributed by atoms with van der Waals surface area (Å²) in [6.07, 6.45) is 4.88. The maximum absolute atomic E-state index is 13.7. The number of nitrogens with zero attached hydrogens (tertiary/aromatic N) is 5. The zero-order chi connectivity index (χ0) is 25.8. The van der Waals surface area contributed by atoms with Crippen LogP contribution in [0.1, 0.15) is 50.3 Å². The quantitative estimate of drug-likeness (QED) is 0.415. The molecule has 9 heteroatoms. The highest BCUT2D eigenvalue weighted by molar-refractivity contribution is 5.90. The highest BCUT2D eigenvalue weighted by Crippen LogP contribution is 2.28. The van der Waals surface area contributed by atoms with Crippen molar-refractivity contribution in [3.05, 3.63) is 59.0 Å². The smallest absolute Gasteiger partial charge is 0.256 e. The van der Waals surface area contributed by atoms with Crippen LogP contribution in [0.3, 0.4) is 0 Å². The van der Waals surface area contributed by atoms with Gasteiger partial charge in [-0.05, 0) is 54.3 Å². The normalized spacial score (nSPS) is 12.8. The zero-order valence-corrected chi connectivity index (χ0v) is 21.6. The first-order chi connectivity index (χ1) is 17.3. The first-order valence-corrected chi connectivity index (χ1v) is 12.5. The SMILES string of the molecule is C.CCCCCNC(=O)CN(CC(=O)N(C)N1Cc2ccc(F)cc2C1)c1cc2c(cnn2C)cc1C. The number of hydrazine groups is 1. The van der Waals surface area contributed by atoms with E-state index < -0.39 is 0 Å². The van der Waals surface area contributed by atoms with Crippen LogP contribution in [0.2, 0.25) is 0 Å². The van der Waals surface area contributed by atoms with Gasteiger partial charge in [-0.2, -0.15) is 5.10 Å². The summed E-state index contributed by atoms with van der Waals surface area (Å²) >= 11 is 0. The fourth-order valence-electron chi connectivity index (χ4n) is 4.68. The van der Waals surface area contributed by atoms with Crippen molar-refractivity contribution in [2.45, 2.75) is 53.6 Å². The first kappa shape index (κ1) is 28.1. The van der Waals surface area contributed by atoms with E-state index in [-0.39, 0.29) is 38.1 Å². The van der Waals surface area contributed by atoms with Crippen LogP contribution < -0.4 is 10.2 Å². The fraction of sp³-hybridized carbons (Fsp3) is 0.464. The first-order valence-electron chi connectivity index (χ1n) is 12.5. The van der Waals surface area contributed by atoms with Gasteiger partial charge in [-0.3, -0.25) is 19.3 Å². The van der Waals surface area contributed by atoms with Crippen molar-refractivity contribution in [3.63, 3.8) is 0 Å². The molecule has 1 aliphatic rings. The van der Waals surface area contributed by atoms with E-state index in [2.05, 4.69) is 17.3 Å². The minimum Gasteiger partial charge on any atom is -0.355 e. The Hall–Kier alpha value is -3.46. The summed E-state index contributed by atoms with van der Waals surface area (Å²) in [6, 6.07) is 8.76. The number of anilines is 1. The van der Waals surface area contributed by atoms with Gasteiger partial charge in [0.15, 0.2) is 0 Å². The number of aryl methyl sites for hydroxylation is 2. The van der Waals surface area contributed by atoms with Crippen LogP contribution in [0.5, 0.6) is 0 Å². The molecule has 0 fully saturated rings. The lowest BCUT2D eigenvalue weighted by Crippen LogP contribution is -2.48. The van der Waals surface area contributed by atoms with Crippen molar-refractivity contribution in [3.8, 4) is 0 Å². The standard InChI is InChI=1S/C27H35FN6O2.CH4/c1-5-6-7-10-29-26(35)17-33(24-13-25-21(11-19(24)2)14-30-31(25)3)18-27(36)32(4)34-15-20-8-9-23(28)12-22(20)16-34;/h8-9,11-14H,5-7,10,15-18H2,1-4H3,(H,29,35);1H4. The maximum atomic E-state index is 13.7. The summed E-state index contributed by atoms with van der Waals surface area (Å²) < 4.78 is 15.5. The van der Waals surface area contributed by atoms with E-state index in [0.717, 1.165) is 52.5 Å². The molecule has 0 saturated heterocycles. The number of likely N-dealkylation sites (N-methyl/N-ethyl adjacent to an activating group) is 1. The average molecular weight is 511 g/mol. The number of amides is 2. The maximum Gasteiger partial charge on any atom is 0.256 e. The molecule has 0 spiro atoms. The number of aromatic nitrogens is 2. The molecule has 1 aliphatic heterocycles. The Labute approximate surface area is 219 Å². The van der Waals surface area contributed by atoms with Gasteiger partial charge in [-0.15, -0.1) is 0 Å². The number of benzene rings is 2. The van der Waals surface area contributed by atoms with E-state index in [0.29, 0.717) is 19.6 Å². The van der Waals surface area contributed by atoms with Crippen LogP contribution in [0.15, 0.2) is 36.5 Å². The molecule has 37 heavy (non-hydrogen) atoms. The number of carbonyl (C=O) groups excluding carboxylic acids is 2. The Bertz CT molecular complexity index is 1260. The van der Waals surface area contributed by atoms with Gasteiger partial charge in [0.05, 0.1) is 24.8 Å². The predicted molar refractivity (Wildman–Crippen MR) is 145 cm³/mol. The summed E-state index contributed by atoms with van der Waals surface area (Å²) in [6.45, 7) is 5.83. The van der Waals surface area contributed by atoms with Crippen LogP contribution in [-0.2, 0) is 29.7 Å². The third-order valence-electron chi connectivity index (χ3n) is 6.83. The molecular weight excluding hydrogens is 471 g/mol. The second-order valence-electron chi connectivity index (χ2n) is 9.53. The number of fused-ring (bicyclic) bond motifs is 2. The van der Waals surface area contributed by atoms with Crippen molar-refractivity contribution in [1.29, 1.82) is 0 Å². The molecule has 8 nitrogen and oxygen atoms in total. The van der Waals surface area contributed by atoms with Crippen molar-refractivity contribution < 1.29 is 14.0 Å². The largest absolute Gasteiger partial charge is 0.355 e. The zero-order valence-electron chi connectivity index (χ0n) is 21.6. The number of rotatable bonds is 10. The van der Waals surface area contributed by atoms with Crippen LogP contribution in [-0.4, -0.2) is 58.3 Å². The van der Waals surface area contributed by atoms with Crippen LogP contribution in [0.25, 0.3) is 10.9 Å². The van der Waals surface area contributed by atoms with Gasteiger partial charge in [-0.25, -0.2) is 9.40 Å². The highest BCUT2D eigenvalue weighted by atomic mass is 19.1. The summed E-state index contributed by atoms with van der Waals surface area (Å²) in [5.74, 6) is -0.539. The van der Waals surface area contributed by atoms with E-state index in [4.69, 9.17) is 0 Å². The molecule has 0 unspecified atom stereocenters. The Kier molecular flexibility index (Phi) is 9.26. The van der Waals surface area contributed by atoms with Crippen molar-refractivity contribution in [2.75, 3.05) is 31.6 Å². The molecule has 2 heterocycles. The lowest BCUT2D eigenvalue weighted by atomic mass is 10.1. The molecule has 200 valence electrons. The van der Waals surface area contributed by atoms with Gasteiger partial charge in [0.2, 0.25) is 5.91 Å². The number of halogens is 1. The van der Waals surface area contributed by atoms with E-state index in [1.54, 1.807) is 22.8 Å². The minimum absolute atomic E-state index is 0. The molecule has 0 radical (unpaired) electrons. The summed E-state index contributed by atoms with van der Waals surface area (Å²) in [5, 5.41) is 11.8. The topological polar surface area (TPSA) is 73.7 Å². The summed E-state index contributed by atoms with van der Waals surface area (Å²) in [4.78, 5) is 28.1. The predicted octanol–water partition coefficient (Wildman–Crippen LogP) is 4.16. The average Bonchev–Trinajstić information content (AvgIpc) is 3.43. The minimum atomic E-state index is -0.276. The second-order valence-corrected chi connectivity index (χ2v) is 9.53. The number of hydrogen-bond donors (Lipinski definition) is 1. The molecule has 3 aromatic rings. The van der Waals surface area contributed by atoms with Crippen LogP contribution >= 0.6 is 0 Å². The third-order valence-corrected chi connectivity index (χ3v) is 6.83. The van der Waals surface area contributed by atoms with E-state index in [1.807, 2.05) is 42.2 Å². The van der Waals surface area contributed by atoms with Crippen LogP contribution in [0.4, 0.5) is 10.1 Å². The molecule has 1 aromatic heterocycles. The Balaban J connectivity index is 0.00000380. The van der Waals surface area contributed by atoms with Gasteiger partial charge < -0.3 is 10.2 Å². The number of carbonyl (C=O) groups is 2. The summed E-state index contributed by atoms with van der Waals surface area (Å²) in [7, 11) is 3.60. The number of hydrogen-bond acceptors (Lipinski definition) is 5. The molecule has 0 atom stereocenters. The lowest BCUT2D eigenvalue weighted by Gasteiger charge is -2.32. The van der Waals surface area contributed by atoms with E-state index >= 15 is 0 Å². The monoisotopic (exact) mass is 510 g/mol. The number of unbranched alkanes of at least 4 members (excludes halogenated alkanes) is 2. The van der Waals surface area contributed by atoms with Gasteiger partial charge in [0, 0.05) is 44.8 Å². The molecule has 4 rings (SSSR count). The van der Waals surface area contributed by atoms with Crippen molar-refractivity contribution in [2.24, 2.45) is 7.05 Å². The summed E-state index contributed by atoms with van der Waals surface area (Å²) in [5.41, 5.74) is 4.62. The molecule has 0 saturated carbocycles. The van der Waals surface area contributed by atoms with E-state index in [1.165, 1.54) is 12.1 Å². The fourth-order valence-corrected chi connectivity index (χ4v) is 4.68. The van der Waals surface area contributed by atoms with Crippen LogP contribution in [0, 0.1) is 12.7 Å². The Morgan fingerprint density at radius 1 is 1.11 bits per heavy atom. The van der Waals surface area contributed by atoms with Crippen molar-refractivity contribution >= 4 is 28.4 Å². The molecular formula is C28H39FN6O2. The van der Waals surface area contributed by atoms with Gasteiger partial charge in [-0.1, -0.05) is 33.3 Å². The number of nitrogens with one attached hydrogen (secondary N) is 1. The Morgan fingerprint density at radius 2 is 1.86 bits per heavy atom. The molecule has 2 aromatic carbocycles. The lowest BCUT2D eigenvalue weighted by molar-refractivity contribution is -0.145. The molecule has 2 amide bonds. The van der Waals surface area contributed by atoms with Gasteiger partial charge in [0.25, 0.3) is 5.91 Å². The van der Waals surface area contributed by atoms with Gasteiger partial charge in [0.1, 0.15) is 5.82 Å². The second kappa shape index (κ2) is 12.2. The third kappa shape index (κ3) is 6.46. The molecule has 1 N–H and O–H groups in total. The molecule has 0 bridgehead atoms. The van der Waals surface area contributed by atoms with Crippen molar-refractivity contribution in [1.82, 2.24) is 25.1 Å². The highest BCUT2D eigenvalue weighted by Gasteiger charge is 2.27. The molecule has 0 aliphatic carbocycles. The van der Waals surface area contributed by atoms with Gasteiger partial charge >= 0.3 is 0 Å². The van der Waals surface area contributed by atoms with E-state index in [9.17, 15) is 14.0 Å². The Morgan fingerprint density at radius 3 is 2.62 bits per heavy atom.